The Morgan fingerprint density at radius 1 is 1.54 bits per heavy atom. The fraction of sp³-hybridized carbons (Fsp3) is 0.333. The predicted octanol–water partition coefficient (Wildman–Crippen LogP) is 2.15. The van der Waals surface area contributed by atoms with Gasteiger partial charge >= 0.3 is 0 Å². The molecule has 13 heavy (non-hydrogen) atoms. The van der Waals surface area contributed by atoms with Gasteiger partial charge in [0.2, 0.25) is 5.03 Å². The molecule has 0 saturated heterocycles. The molecule has 0 aliphatic rings. The van der Waals surface area contributed by atoms with Crippen LogP contribution in [-0.2, 0) is 7.05 Å². The van der Waals surface area contributed by atoms with Crippen LogP contribution in [0.1, 0.15) is 5.56 Å². The molecular formula is C9H11N2S2+. The maximum atomic E-state index is 4.37. The number of aromatic nitrogens is 2. The van der Waals surface area contributed by atoms with Gasteiger partial charge in [0.15, 0.2) is 5.52 Å². The van der Waals surface area contributed by atoms with Crippen LogP contribution in [0.3, 0.4) is 0 Å². The van der Waals surface area contributed by atoms with Crippen LogP contribution in [0.25, 0.3) is 10.2 Å². The molecule has 0 atom stereocenters. The third-order valence-electron chi connectivity index (χ3n) is 2.03. The summed E-state index contributed by atoms with van der Waals surface area (Å²) in [6, 6.07) is 0. The quantitative estimate of drug-likeness (QED) is 0.408. The lowest BCUT2D eigenvalue weighted by molar-refractivity contribution is -0.648. The summed E-state index contributed by atoms with van der Waals surface area (Å²) in [6.45, 7) is 2.14. The minimum absolute atomic E-state index is 1.13. The lowest BCUT2D eigenvalue weighted by Crippen LogP contribution is -2.29. The standard InChI is InChI=1S/C9H11N2S2/c1-6-4-13-8-7(6)11(2)5-10-9(8)12-3/h4-5H,1-3H3/q+1. The zero-order chi connectivity index (χ0) is 9.42. The Kier molecular flexibility index (Phi) is 2.26. The number of hydrogen-bond acceptors (Lipinski definition) is 3. The molecule has 0 aliphatic carbocycles. The summed E-state index contributed by atoms with van der Waals surface area (Å²) in [7, 11) is 2.04. The molecule has 0 fully saturated rings. The van der Waals surface area contributed by atoms with Gasteiger partial charge < -0.3 is 0 Å². The van der Waals surface area contributed by atoms with E-state index in [4.69, 9.17) is 0 Å². The third kappa shape index (κ3) is 1.34. The molecule has 68 valence electrons. The van der Waals surface area contributed by atoms with Crippen molar-refractivity contribution in [2.45, 2.75) is 11.9 Å². The summed E-state index contributed by atoms with van der Waals surface area (Å²) in [6.07, 6.45) is 3.95. The van der Waals surface area contributed by atoms with E-state index >= 15 is 0 Å². The predicted molar refractivity (Wildman–Crippen MR) is 57.3 cm³/mol. The van der Waals surface area contributed by atoms with E-state index in [2.05, 4.69) is 28.1 Å². The van der Waals surface area contributed by atoms with Crippen molar-refractivity contribution in [1.82, 2.24) is 4.98 Å². The molecule has 0 saturated carbocycles. The van der Waals surface area contributed by atoms with E-state index < -0.39 is 0 Å². The summed E-state index contributed by atoms with van der Waals surface area (Å²) in [5.74, 6) is 0. The largest absolute Gasteiger partial charge is 0.287 e. The third-order valence-corrected chi connectivity index (χ3v) is 3.95. The van der Waals surface area contributed by atoms with E-state index in [1.807, 2.05) is 13.4 Å². The molecule has 2 nitrogen and oxygen atoms in total. The van der Waals surface area contributed by atoms with Crippen molar-refractivity contribution in [2.24, 2.45) is 7.05 Å². The SMILES string of the molecule is CSc1nc[n+](C)c2c(C)csc12. The van der Waals surface area contributed by atoms with Gasteiger partial charge in [0.25, 0.3) is 6.33 Å². The van der Waals surface area contributed by atoms with Gasteiger partial charge in [-0.3, -0.25) is 0 Å². The highest BCUT2D eigenvalue weighted by Crippen LogP contribution is 2.28. The average Bonchev–Trinajstić information content (AvgIpc) is 2.50. The van der Waals surface area contributed by atoms with Crippen molar-refractivity contribution in [2.75, 3.05) is 6.26 Å². The van der Waals surface area contributed by atoms with Crippen molar-refractivity contribution in [3.8, 4) is 0 Å². The molecule has 0 aromatic carbocycles. The molecule has 0 aliphatic heterocycles. The number of rotatable bonds is 1. The van der Waals surface area contributed by atoms with Crippen LogP contribution in [0.5, 0.6) is 0 Å². The van der Waals surface area contributed by atoms with Crippen molar-refractivity contribution < 1.29 is 4.57 Å². The molecule has 0 spiro atoms. The monoisotopic (exact) mass is 211 g/mol. The smallest absolute Gasteiger partial charge is 0.231 e. The average molecular weight is 211 g/mol. The van der Waals surface area contributed by atoms with Gasteiger partial charge in [0, 0.05) is 5.56 Å². The van der Waals surface area contributed by atoms with Crippen molar-refractivity contribution >= 4 is 33.3 Å². The van der Waals surface area contributed by atoms with E-state index in [1.165, 1.54) is 15.8 Å². The van der Waals surface area contributed by atoms with Gasteiger partial charge in [-0.2, -0.15) is 0 Å². The Morgan fingerprint density at radius 2 is 2.31 bits per heavy atom. The maximum absolute atomic E-state index is 4.37. The van der Waals surface area contributed by atoms with Crippen LogP contribution in [0.2, 0.25) is 0 Å². The molecule has 2 rings (SSSR count). The maximum Gasteiger partial charge on any atom is 0.287 e. The lowest BCUT2D eigenvalue weighted by atomic mass is 10.3. The number of hydrogen-bond donors (Lipinski definition) is 0. The van der Waals surface area contributed by atoms with Gasteiger partial charge in [-0.05, 0) is 23.5 Å². The van der Waals surface area contributed by atoms with E-state index in [0.29, 0.717) is 0 Å². The summed E-state index contributed by atoms with van der Waals surface area (Å²) in [5.41, 5.74) is 2.64. The van der Waals surface area contributed by atoms with Crippen LogP contribution in [0.4, 0.5) is 0 Å². The first kappa shape index (κ1) is 8.97. The van der Waals surface area contributed by atoms with Crippen LogP contribution < -0.4 is 4.57 Å². The fourth-order valence-corrected chi connectivity index (χ4v) is 3.23. The van der Waals surface area contributed by atoms with Crippen LogP contribution >= 0.6 is 23.1 Å². The van der Waals surface area contributed by atoms with Gasteiger partial charge in [-0.25, -0.2) is 4.57 Å². The molecule has 2 aromatic rings. The zero-order valence-corrected chi connectivity index (χ0v) is 9.50. The molecule has 2 aromatic heterocycles. The van der Waals surface area contributed by atoms with Gasteiger partial charge in [-0.1, -0.05) is 11.8 Å². The van der Waals surface area contributed by atoms with Gasteiger partial charge in [0.05, 0.1) is 7.05 Å². The van der Waals surface area contributed by atoms with Crippen molar-refractivity contribution in [3.63, 3.8) is 0 Å². The Bertz CT molecular complexity index is 448. The highest BCUT2D eigenvalue weighted by Gasteiger charge is 2.14. The lowest BCUT2D eigenvalue weighted by Gasteiger charge is -1.95. The fourth-order valence-electron chi connectivity index (χ4n) is 1.43. The molecule has 0 radical (unpaired) electrons. The van der Waals surface area contributed by atoms with E-state index in [0.717, 1.165) is 5.03 Å². The summed E-state index contributed by atoms with van der Waals surface area (Å²) < 4.78 is 3.39. The molecule has 2 heterocycles. The number of thiophene rings is 1. The van der Waals surface area contributed by atoms with Gasteiger partial charge in [0.1, 0.15) is 4.70 Å². The second kappa shape index (κ2) is 3.27. The number of thioether (sulfide) groups is 1. The first-order valence-electron chi connectivity index (χ1n) is 4.00. The second-order valence-electron chi connectivity index (χ2n) is 2.96. The van der Waals surface area contributed by atoms with Crippen molar-refractivity contribution in [1.29, 1.82) is 0 Å². The molecule has 0 bridgehead atoms. The topological polar surface area (TPSA) is 16.8 Å². The van der Waals surface area contributed by atoms with E-state index in [9.17, 15) is 0 Å². The highest BCUT2D eigenvalue weighted by atomic mass is 32.2. The van der Waals surface area contributed by atoms with Gasteiger partial charge in [-0.15, -0.1) is 11.3 Å². The zero-order valence-electron chi connectivity index (χ0n) is 7.87. The first-order chi connectivity index (χ1) is 6.24. The van der Waals surface area contributed by atoms with E-state index in [1.54, 1.807) is 23.1 Å². The Labute approximate surface area is 85.6 Å². The van der Waals surface area contributed by atoms with Crippen LogP contribution in [0, 0.1) is 6.92 Å². The number of nitrogens with zero attached hydrogens (tertiary/aromatic N) is 2. The molecule has 0 amide bonds. The Morgan fingerprint density at radius 3 is 3.00 bits per heavy atom. The van der Waals surface area contributed by atoms with Crippen LogP contribution in [0.15, 0.2) is 16.7 Å². The Balaban J connectivity index is 2.87. The highest BCUT2D eigenvalue weighted by molar-refractivity contribution is 7.98. The molecule has 0 unspecified atom stereocenters. The Hall–Kier alpha value is -0.610. The minimum Gasteiger partial charge on any atom is -0.231 e. The number of aryl methyl sites for hydroxylation is 2. The molecular weight excluding hydrogens is 200 g/mol. The minimum atomic E-state index is 1.13. The first-order valence-corrected chi connectivity index (χ1v) is 6.11. The molecule has 0 N–H and O–H groups in total. The number of fused-ring (bicyclic) bond motifs is 1. The second-order valence-corrected chi connectivity index (χ2v) is 4.64. The normalized spacial score (nSPS) is 11.0. The van der Waals surface area contributed by atoms with E-state index in [-0.39, 0.29) is 0 Å². The molecule has 4 heteroatoms. The summed E-state index contributed by atoms with van der Waals surface area (Å²) in [4.78, 5) is 4.37. The van der Waals surface area contributed by atoms with Crippen LogP contribution in [-0.4, -0.2) is 11.2 Å². The van der Waals surface area contributed by atoms with Crippen molar-refractivity contribution in [3.05, 3.63) is 17.3 Å². The summed E-state index contributed by atoms with van der Waals surface area (Å²) >= 11 is 3.48. The summed E-state index contributed by atoms with van der Waals surface area (Å²) in [5, 5.41) is 3.32.